The molecule has 0 spiro atoms. The number of sulfonamides is 1. The van der Waals surface area contributed by atoms with Crippen LogP contribution < -0.4 is 14.2 Å². The second-order valence-corrected chi connectivity index (χ2v) is 10.0. The van der Waals surface area contributed by atoms with Gasteiger partial charge in [-0.1, -0.05) is 29.8 Å². The Kier molecular flexibility index (Phi) is 6.79. The Morgan fingerprint density at radius 2 is 1.65 bits per heavy atom. The van der Waals surface area contributed by atoms with Crippen LogP contribution in [-0.4, -0.2) is 39.5 Å². The number of rotatable bonds is 9. The zero-order chi connectivity index (χ0) is 24.3. The van der Waals surface area contributed by atoms with Crippen LogP contribution >= 0.6 is 0 Å². The molecule has 0 unspecified atom stereocenters. The average Bonchev–Trinajstić information content (AvgIpc) is 3.69. The van der Waals surface area contributed by atoms with Crippen LogP contribution in [0.15, 0.2) is 71.6 Å². The van der Waals surface area contributed by atoms with Gasteiger partial charge in [0.15, 0.2) is 0 Å². The molecule has 0 heterocycles. The summed E-state index contributed by atoms with van der Waals surface area (Å²) in [4.78, 5) is 15.2. The van der Waals surface area contributed by atoms with Crippen LogP contribution in [0.1, 0.15) is 34.3 Å². The standard InChI is InChI=1S/C26H28N2O5S/c1-18-4-9-21(10-5-18)27-34(30,31)25-16-20(8-15-24(25)33-3)26(29)28(22-11-12-22)17-19-6-13-23(32-2)14-7-19/h4-10,13-16,22,27H,11-12,17H2,1-3H3. The van der Waals surface area contributed by atoms with E-state index in [1.165, 1.54) is 19.2 Å². The highest BCUT2D eigenvalue weighted by Crippen LogP contribution is 2.32. The molecule has 3 aromatic rings. The first kappa shape index (κ1) is 23.6. The molecule has 0 atom stereocenters. The van der Waals surface area contributed by atoms with E-state index in [9.17, 15) is 13.2 Å². The van der Waals surface area contributed by atoms with E-state index >= 15 is 0 Å². The van der Waals surface area contributed by atoms with Crippen LogP contribution in [0.2, 0.25) is 0 Å². The number of hydrogen-bond donors (Lipinski definition) is 1. The van der Waals surface area contributed by atoms with E-state index in [4.69, 9.17) is 9.47 Å². The minimum atomic E-state index is -3.98. The number of ether oxygens (including phenoxy) is 2. The Morgan fingerprint density at radius 3 is 2.24 bits per heavy atom. The molecule has 178 valence electrons. The van der Waals surface area contributed by atoms with Crippen LogP contribution in [0.4, 0.5) is 5.69 Å². The van der Waals surface area contributed by atoms with E-state index in [-0.39, 0.29) is 22.6 Å². The predicted molar refractivity (Wildman–Crippen MR) is 131 cm³/mol. The Labute approximate surface area is 200 Å². The van der Waals surface area contributed by atoms with Crippen molar-refractivity contribution >= 4 is 21.6 Å². The Hall–Kier alpha value is -3.52. The Balaban J connectivity index is 1.62. The fourth-order valence-electron chi connectivity index (χ4n) is 3.70. The molecule has 1 saturated carbocycles. The van der Waals surface area contributed by atoms with E-state index in [1.807, 2.05) is 43.3 Å². The van der Waals surface area contributed by atoms with Gasteiger partial charge in [0.2, 0.25) is 0 Å². The van der Waals surface area contributed by atoms with Gasteiger partial charge < -0.3 is 14.4 Å². The highest BCUT2D eigenvalue weighted by molar-refractivity contribution is 7.92. The maximum atomic E-state index is 13.5. The van der Waals surface area contributed by atoms with Gasteiger partial charge in [0.05, 0.1) is 14.2 Å². The van der Waals surface area contributed by atoms with Crippen LogP contribution in [0.5, 0.6) is 11.5 Å². The molecule has 1 aliphatic carbocycles. The number of carbonyl (C=O) groups excluding carboxylic acids is 1. The summed E-state index contributed by atoms with van der Waals surface area (Å²) in [5.74, 6) is 0.705. The van der Waals surface area contributed by atoms with Gasteiger partial charge in [0, 0.05) is 23.8 Å². The van der Waals surface area contributed by atoms with Gasteiger partial charge in [-0.2, -0.15) is 0 Å². The van der Waals surface area contributed by atoms with Crippen molar-refractivity contribution in [2.45, 2.75) is 37.2 Å². The summed E-state index contributed by atoms with van der Waals surface area (Å²) in [6.07, 6.45) is 1.86. The van der Waals surface area contributed by atoms with E-state index < -0.39 is 10.0 Å². The van der Waals surface area contributed by atoms with Gasteiger partial charge in [-0.25, -0.2) is 8.42 Å². The zero-order valence-corrected chi connectivity index (χ0v) is 20.3. The summed E-state index contributed by atoms with van der Waals surface area (Å²) in [7, 11) is -0.968. The summed E-state index contributed by atoms with van der Waals surface area (Å²) >= 11 is 0. The van der Waals surface area contributed by atoms with Crippen molar-refractivity contribution in [1.29, 1.82) is 0 Å². The van der Waals surface area contributed by atoms with E-state index in [0.717, 1.165) is 29.7 Å². The molecule has 0 radical (unpaired) electrons. The Bertz CT molecular complexity index is 1270. The molecule has 0 saturated heterocycles. The molecule has 34 heavy (non-hydrogen) atoms. The van der Waals surface area contributed by atoms with Crippen molar-refractivity contribution < 1.29 is 22.7 Å². The molecule has 0 bridgehead atoms. The van der Waals surface area contributed by atoms with Crippen molar-refractivity contribution in [3.05, 3.63) is 83.4 Å². The lowest BCUT2D eigenvalue weighted by Crippen LogP contribution is -2.32. The molecule has 3 aromatic carbocycles. The maximum Gasteiger partial charge on any atom is 0.265 e. The molecular formula is C26H28N2O5S. The van der Waals surface area contributed by atoms with Gasteiger partial charge in [-0.05, 0) is 67.8 Å². The van der Waals surface area contributed by atoms with Crippen LogP contribution in [0.3, 0.4) is 0 Å². The van der Waals surface area contributed by atoms with Gasteiger partial charge >= 0.3 is 0 Å². The van der Waals surface area contributed by atoms with Crippen molar-refractivity contribution in [3.63, 3.8) is 0 Å². The molecular weight excluding hydrogens is 452 g/mol. The van der Waals surface area contributed by atoms with Crippen molar-refractivity contribution in [2.24, 2.45) is 0 Å². The molecule has 7 nitrogen and oxygen atoms in total. The topological polar surface area (TPSA) is 84.9 Å². The van der Waals surface area contributed by atoms with Gasteiger partial charge in [-0.3, -0.25) is 9.52 Å². The summed E-state index contributed by atoms with van der Waals surface area (Å²) in [5, 5.41) is 0. The second kappa shape index (κ2) is 9.77. The third-order valence-corrected chi connectivity index (χ3v) is 7.17. The molecule has 1 amide bonds. The lowest BCUT2D eigenvalue weighted by molar-refractivity contribution is 0.0729. The van der Waals surface area contributed by atoms with Crippen LogP contribution in [0.25, 0.3) is 0 Å². The van der Waals surface area contributed by atoms with Crippen molar-refractivity contribution in [3.8, 4) is 11.5 Å². The predicted octanol–water partition coefficient (Wildman–Crippen LogP) is 4.62. The highest BCUT2D eigenvalue weighted by atomic mass is 32.2. The smallest absolute Gasteiger partial charge is 0.265 e. The normalized spacial score (nSPS) is 13.3. The van der Waals surface area contributed by atoms with Gasteiger partial charge in [0.1, 0.15) is 16.4 Å². The number of benzene rings is 3. The monoisotopic (exact) mass is 480 g/mol. The largest absolute Gasteiger partial charge is 0.497 e. The fraction of sp³-hybridized carbons (Fsp3) is 0.269. The average molecular weight is 481 g/mol. The number of anilines is 1. The quantitative estimate of drug-likeness (QED) is 0.483. The number of amides is 1. The first-order valence-electron chi connectivity index (χ1n) is 11.0. The number of carbonyl (C=O) groups is 1. The maximum absolute atomic E-state index is 13.5. The van der Waals surface area contributed by atoms with Gasteiger partial charge in [0.25, 0.3) is 15.9 Å². The molecule has 0 aliphatic heterocycles. The van der Waals surface area contributed by atoms with Gasteiger partial charge in [-0.15, -0.1) is 0 Å². The summed E-state index contributed by atoms with van der Waals surface area (Å²) in [5.41, 5.74) is 2.72. The molecule has 0 aromatic heterocycles. The number of aryl methyl sites for hydroxylation is 1. The minimum Gasteiger partial charge on any atom is -0.497 e. The number of methoxy groups -OCH3 is 2. The summed E-state index contributed by atoms with van der Waals surface area (Å²) in [6.45, 7) is 2.36. The Morgan fingerprint density at radius 1 is 0.971 bits per heavy atom. The molecule has 1 fully saturated rings. The molecule has 1 N–H and O–H groups in total. The lowest BCUT2D eigenvalue weighted by Gasteiger charge is -2.23. The number of nitrogens with one attached hydrogen (secondary N) is 1. The van der Waals surface area contributed by atoms with E-state index in [0.29, 0.717) is 17.8 Å². The minimum absolute atomic E-state index is 0.0818. The highest BCUT2D eigenvalue weighted by Gasteiger charge is 2.34. The van der Waals surface area contributed by atoms with E-state index in [1.54, 1.807) is 30.2 Å². The third-order valence-electron chi connectivity index (χ3n) is 5.76. The molecule has 4 rings (SSSR count). The van der Waals surface area contributed by atoms with Crippen LogP contribution in [-0.2, 0) is 16.6 Å². The molecule has 1 aliphatic rings. The number of hydrogen-bond acceptors (Lipinski definition) is 5. The lowest BCUT2D eigenvalue weighted by atomic mass is 10.1. The SMILES string of the molecule is COc1ccc(CN(C(=O)c2ccc(OC)c(S(=O)(=O)Nc3ccc(C)cc3)c2)C2CC2)cc1. The molecule has 8 heteroatoms. The first-order chi connectivity index (χ1) is 16.3. The van der Waals surface area contributed by atoms with Crippen molar-refractivity contribution in [2.75, 3.05) is 18.9 Å². The first-order valence-corrected chi connectivity index (χ1v) is 12.5. The van der Waals surface area contributed by atoms with Crippen molar-refractivity contribution in [1.82, 2.24) is 4.90 Å². The second-order valence-electron chi connectivity index (χ2n) is 8.35. The third kappa shape index (κ3) is 5.34. The fourth-order valence-corrected chi connectivity index (χ4v) is 4.95. The summed E-state index contributed by atoms with van der Waals surface area (Å²) < 4.78 is 39.5. The zero-order valence-electron chi connectivity index (χ0n) is 19.4. The summed E-state index contributed by atoms with van der Waals surface area (Å²) in [6, 6.07) is 19.3. The van der Waals surface area contributed by atoms with Crippen LogP contribution in [0, 0.1) is 6.92 Å². The van der Waals surface area contributed by atoms with E-state index in [2.05, 4.69) is 4.72 Å². The number of nitrogens with zero attached hydrogens (tertiary/aromatic N) is 1.